The van der Waals surface area contributed by atoms with Gasteiger partial charge in [0.05, 0.1) is 29.9 Å². The van der Waals surface area contributed by atoms with Gasteiger partial charge in [-0.3, -0.25) is 24.2 Å². The summed E-state index contributed by atoms with van der Waals surface area (Å²) in [4.78, 5) is 71.7. The minimum Gasteiger partial charge on any atom is -0.464 e. The quantitative estimate of drug-likeness (QED) is 0.159. The zero-order chi connectivity index (χ0) is 47.8. The number of piperidine rings is 2. The molecule has 0 unspecified atom stereocenters. The number of piperazine rings is 2. The fourth-order valence-corrected chi connectivity index (χ4v) is 10.6. The molecule has 4 saturated heterocycles. The zero-order valence-electron chi connectivity index (χ0n) is 39.5. The molecule has 4 aromatic rings. The fraction of sp³-hybridized carbons (Fsp3) is 0.490. The maximum atomic E-state index is 12.9. The van der Waals surface area contributed by atoms with Gasteiger partial charge < -0.3 is 30.1 Å². The number of esters is 1. The summed E-state index contributed by atoms with van der Waals surface area (Å²) in [6, 6.07) is 23.6. The summed E-state index contributed by atoms with van der Waals surface area (Å²) in [5.74, 6) is -0.733. The monoisotopic (exact) mass is 953 g/mol. The van der Waals surface area contributed by atoms with Crippen molar-refractivity contribution in [2.45, 2.75) is 90.4 Å². The summed E-state index contributed by atoms with van der Waals surface area (Å²) in [6.07, 6.45) is 6.08. The van der Waals surface area contributed by atoms with Gasteiger partial charge in [0.15, 0.2) is 0 Å². The number of carbonyl (C=O) groups is 4. The molecule has 0 spiro atoms. The van der Waals surface area contributed by atoms with E-state index in [1.807, 2.05) is 35.8 Å². The van der Waals surface area contributed by atoms with E-state index < -0.39 is 11.9 Å². The van der Waals surface area contributed by atoms with Crippen molar-refractivity contribution in [2.75, 3.05) is 82.4 Å². The Bertz CT molecular complexity index is 2350. The maximum absolute atomic E-state index is 12.9. The largest absolute Gasteiger partial charge is 0.464 e. The van der Waals surface area contributed by atoms with Gasteiger partial charge in [-0.1, -0.05) is 37.0 Å². The molecule has 4 fully saturated rings. The Hall–Kier alpha value is -5.28. The van der Waals surface area contributed by atoms with Gasteiger partial charge in [-0.25, -0.2) is 14.8 Å². The predicted octanol–water partition coefficient (Wildman–Crippen LogP) is 7.38. The lowest BCUT2D eigenvalue weighted by atomic mass is 9.97. The van der Waals surface area contributed by atoms with Crippen LogP contribution in [0.2, 0.25) is 10.0 Å². The topological polar surface area (TPSA) is 149 Å². The van der Waals surface area contributed by atoms with Crippen LogP contribution in [0.15, 0.2) is 72.8 Å². The first-order valence-electron chi connectivity index (χ1n) is 23.7. The number of hydrogen-bond donors (Lipinski definition) is 1. The molecule has 14 nitrogen and oxygen atoms in total. The van der Waals surface area contributed by atoms with Crippen LogP contribution in [-0.2, 0) is 4.74 Å². The number of primary amides is 1. The third-order valence-electron chi connectivity index (χ3n) is 14.1. The van der Waals surface area contributed by atoms with E-state index in [2.05, 4.69) is 43.4 Å². The number of methoxy groups -OCH3 is 1. The van der Waals surface area contributed by atoms with Crippen molar-refractivity contribution < 1.29 is 23.9 Å². The molecular weight excluding hydrogens is 890 g/mol. The Balaban J connectivity index is 0.000000199. The SMILES string of the molecule is CC[C@H]1CN(c2ccc(C(=O)OC)nc2C)CCN1C1CCN(C(=O)c2ccc(Cl)cc2)CC1.CC[C@H]1CN(c2ccc(C(N)=O)nc2C)CCN1C1CCN(C(=O)c2ccc(Cl)cc2)CC1. The molecule has 6 heterocycles. The minimum atomic E-state index is -0.498. The van der Waals surface area contributed by atoms with E-state index in [-0.39, 0.29) is 11.8 Å². The molecular formula is C51H65Cl2N9O5. The van der Waals surface area contributed by atoms with E-state index in [0.717, 1.165) is 127 Å². The number of aromatic nitrogens is 2. The maximum Gasteiger partial charge on any atom is 0.356 e. The molecule has 4 aliphatic heterocycles. The minimum absolute atomic E-state index is 0.0874. The number of nitrogens with zero attached hydrogens (tertiary/aromatic N) is 8. The van der Waals surface area contributed by atoms with Gasteiger partial charge in [0, 0.05) is 111 Å². The molecule has 0 radical (unpaired) electrons. The first kappa shape index (κ1) is 49.6. The number of nitrogens with two attached hydrogens (primary N) is 1. The summed E-state index contributed by atoms with van der Waals surface area (Å²) in [5, 5.41) is 1.29. The molecule has 2 aromatic heterocycles. The summed E-state index contributed by atoms with van der Waals surface area (Å²) < 4.78 is 4.79. The van der Waals surface area contributed by atoms with Gasteiger partial charge in [0.2, 0.25) is 0 Å². The molecule has 3 amide bonds. The second kappa shape index (κ2) is 22.7. The van der Waals surface area contributed by atoms with Crippen LogP contribution in [0, 0.1) is 13.8 Å². The highest BCUT2D eigenvalue weighted by atomic mass is 35.5. The predicted molar refractivity (Wildman–Crippen MR) is 265 cm³/mol. The highest BCUT2D eigenvalue weighted by molar-refractivity contribution is 6.31. The highest BCUT2D eigenvalue weighted by Crippen LogP contribution is 2.30. The molecule has 2 aromatic carbocycles. The Morgan fingerprint density at radius 3 is 1.33 bits per heavy atom. The van der Waals surface area contributed by atoms with E-state index in [0.29, 0.717) is 56.7 Å². The molecule has 16 heteroatoms. The molecule has 4 aliphatic rings. The molecule has 358 valence electrons. The van der Waals surface area contributed by atoms with E-state index >= 15 is 0 Å². The molecule has 0 aliphatic carbocycles. The number of anilines is 2. The molecule has 0 bridgehead atoms. The van der Waals surface area contributed by atoms with Gasteiger partial charge in [-0.05, 0) is 125 Å². The van der Waals surface area contributed by atoms with Crippen LogP contribution in [0.4, 0.5) is 11.4 Å². The molecule has 0 saturated carbocycles. The number of hydrogen-bond acceptors (Lipinski definition) is 11. The van der Waals surface area contributed by atoms with E-state index in [1.54, 1.807) is 60.7 Å². The van der Waals surface area contributed by atoms with Gasteiger partial charge in [-0.15, -0.1) is 0 Å². The summed E-state index contributed by atoms with van der Waals surface area (Å²) in [6.45, 7) is 17.1. The van der Waals surface area contributed by atoms with E-state index in [1.165, 1.54) is 7.11 Å². The number of benzene rings is 2. The van der Waals surface area contributed by atoms with Crippen LogP contribution in [0.1, 0.15) is 105 Å². The van der Waals surface area contributed by atoms with Crippen molar-refractivity contribution in [2.24, 2.45) is 5.73 Å². The number of ether oxygens (including phenoxy) is 1. The first-order chi connectivity index (χ1) is 32.3. The van der Waals surface area contributed by atoms with Gasteiger partial charge in [0.1, 0.15) is 11.4 Å². The second-order valence-electron chi connectivity index (χ2n) is 18.0. The fourth-order valence-electron chi connectivity index (χ4n) is 10.3. The number of likely N-dealkylation sites (tertiary alicyclic amines) is 2. The smallest absolute Gasteiger partial charge is 0.356 e. The number of halogens is 2. The van der Waals surface area contributed by atoms with Crippen LogP contribution >= 0.6 is 23.2 Å². The molecule has 67 heavy (non-hydrogen) atoms. The zero-order valence-corrected chi connectivity index (χ0v) is 41.0. The van der Waals surface area contributed by atoms with E-state index in [9.17, 15) is 19.2 Å². The Morgan fingerprint density at radius 2 is 0.970 bits per heavy atom. The number of pyridine rings is 2. The van der Waals surface area contributed by atoms with Crippen molar-refractivity contribution in [1.82, 2.24) is 29.6 Å². The van der Waals surface area contributed by atoms with Gasteiger partial charge >= 0.3 is 5.97 Å². The molecule has 2 atom stereocenters. The van der Waals surface area contributed by atoms with Crippen molar-refractivity contribution in [1.29, 1.82) is 0 Å². The normalized spacial score (nSPS) is 20.0. The standard InChI is InChI=1S/C26H33ClN4O3.C25H32ClN5O2/c1-4-21-17-30(24-10-9-23(26(33)34-3)28-18(24)2)15-16-31(21)22-11-13-29(14-12-22)25(32)19-5-7-20(27)8-6-19;1-3-20-16-30(23-9-8-22(24(27)32)28-17(23)2)14-15-31(20)21-10-12-29(13-11-21)25(33)18-4-6-19(26)7-5-18/h5-10,21-22H,4,11-17H2,1-3H3;4-9,20-21H,3,10-16H2,1-2H3,(H2,27,32)/t21-;20-/m00/s1. The van der Waals surface area contributed by atoms with Crippen molar-refractivity contribution in [3.8, 4) is 0 Å². The lowest BCUT2D eigenvalue weighted by Crippen LogP contribution is -2.58. The molecule has 8 rings (SSSR count). The average molecular weight is 955 g/mol. The Kier molecular flexibility index (Phi) is 16.8. The van der Waals surface area contributed by atoms with Gasteiger partial charge in [-0.2, -0.15) is 0 Å². The summed E-state index contributed by atoms with van der Waals surface area (Å²) in [7, 11) is 1.37. The summed E-state index contributed by atoms with van der Waals surface area (Å²) in [5.41, 5.74) is 11.3. The number of aryl methyl sites for hydroxylation is 2. The number of amides is 3. The van der Waals surface area contributed by atoms with Crippen molar-refractivity contribution in [3.63, 3.8) is 0 Å². The highest BCUT2D eigenvalue weighted by Gasteiger charge is 2.36. The summed E-state index contributed by atoms with van der Waals surface area (Å²) >= 11 is 11.9. The number of carbonyl (C=O) groups excluding carboxylic acids is 4. The Labute approximate surface area is 405 Å². The third-order valence-corrected chi connectivity index (χ3v) is 14.6. The molecule has 2 N–H and O–H groups in total. The van der Waals surface area contributed by atoms with Gasteiger partial charge in [0.25, 0.3) is 17.7 Å². The van der Waals surface area contributed by atoms with Crippen molar-refractivity contribution >= 4 is 58.3 Å². The lowest BCUT2D eigenvalue weighted by molar-refractivity contribution is 0.0486. The van der Waals surface area contributed by atoms with Crippen LogP contribution in [0.5, 0.6) is 0 Å². The van der Waals surface area contributed by atoms with Crippen LogP contribution in [-0.4, -0.2) is 150 Å². The van der Waals surface area contributed by atoms with Crippen LogP contribution in [0.25, 0.3) is 0 Å². The third kappa shape index (κ3) is 11.9. The first-order valence-corrected chi connectivity index (χ1v) is 24.5. The average Bonchev–Trinajstić information content (AvgIpc) is 3.36. The van der Waals surface area contributed by atoms with Crippen molar-refractivity contribution in [3.05, 3.63) is 117 Å². The van der Waals surface area contributed by atoms with Crippen LogP contribution < -0.4 is 15.5 Å². The second-order valence-corrected chi connectivity index (χ2v) is 18.9. The lowest BCUT2D eigenvalue weighted by Gasteiger charge is -2.48. The van der Waals surface area contributed by atoms with Crippen LogP contribution in [0.3, 0.4) is 0 Å². The van der Waals surface area contributed by atoms with E-state index in [4.69, 9.17) is 33.7 Å². The Morgan fingerprint density at radius 1 is 0.582 bits per heavy atom. The number of rotatable bonds is 10.